The Bertz CT molecular complexity index is 387. The Morgan fingerprint density at radius 2 is 1.30 bits per heavy atom. The summed E-state index contributed by atoms with van der Waals surface area (Å²) in [5, 5.41) is 10.2. The van der Waals surface area contributed by atoms with Gasteiger partial charge in [0.2, 0.25) is 0 Å². The number of carbonyl (C=O) groups excluding carboxylic acids is 1. The van der Waals surface area contributed by atoms with Gasteiger partial charge in [-0.3, -0.25) is 0 Å². The summed E-state index contributed by atoms with van der Waals surface area (Å²) in [6.45, 7) is 7.00. The van der Waals surface area contributed by atoms with Gasteiger partial charge in [0.05, 0.1) is 5.97 Å². The maximum atomic E-state index is 10.2. The van der Waals surface area contributed by atoms with Gasteiger partial charge < -0.3 is 15.6 Å². The van der Waals surface area contributed by atoms with Crippen LogP contribution in [-0.2, 0) is 0 Å². The third-order valence-electron chi connectivity index (χ3n) is 3.80. The molecule has 3 nitrogen and oxygen atoms in total. The molecule has 0 atom stereocenters. The van der Waals surface area contributed by atoms with E-state index in [1.807, 2.05) is 0 Å². The Labute approximate surface area is 149 Å². The van der Waals surface area contributed by atoms with Crippen LogP contribution in [0.1, 0.15) is 69.7 Å². The first-order valence-electron chi connectivity index (χ1n) is 8.95. The van der Waals surface area contributed by atoms with Gasteiger partial charge in [0.1, 0.15) is 0 Å². The van der Waals surface area contributed by atoms with Crippen molar-refractivity contribution in [3.63, 3.8) is 0 Å². The molecule has 0 amide bonds. The Morgan fingerprint density at radius 3 is 1.61 bits per heavy atom. The van der Waals surface area contributed by atoms with E-state index < -0.39 is 25.7 Å². The molecule has 1 aromatic rings. The van der Waals surface area contributed by atoms with Crippen molar-refractivity contribution in [3.8, 4) is 0 Å². The van der Waals surface area contributed by atoms with Crippen molar-refractivity contribution in [1.82, 2.24) is 0 Å². The van der Waals surface area contributed by atoms with E-state index in [4.69, 9.17) is 5.73 Å². The molecule has 0 saturated carbocycles. The van der Waals surface area contributed by atoms with Gasteiger partial charge in [-0.15, -0.1) is 0 Å². The van der Waals surface area contributed by atoms with Gasteiger partial charge in [-0.2, -0.15) is 0 Å². The Morgan fingerprint density at radius 1 is 0.913 bits per heavy atom. The largest absolute Gasteiger partial charge is 0.545 e. The van der Waals surface area contributed by atoms with E-state index in [-0.39, 0.29) is 5.56 Å². The third-order valence-corrected chi connectivity index (χ3v) is 12.9. The van der Waals surface area contributed by atoms with Gasteiger partial charge in [-0.1, -0.05) is 12.1 Å². The summed E-state index contributed by atoms with van der Waals surface area (Å²) in [5.41, 5.74) is 6.01. The van der Waals surface area contributed by atoms with E-state index in [0.717, 1.165) is 0 Å². The number of nitrogens with two attached hydrogens (primary N) is 1. The zero-order valence-corrected chi connectivity index (χ0v) is 17.9. The van der Waals surface area contributed by atoms with Crippen LogP contribution in [0.3, 0.4) is 0 Å². The number of benzene rings is 1. The van der Waals surface area contributed by atoms with Gasteiger partial charge in [-0.25, -0.2) is 0 Å². The molecule has 0 aliphatic carbocycles. The molecule has 4 heteroatoms. The molecule has 0 unspecified atom stereocenters. The van der Waals surface area contributed by atoms with Crippen LogP contribution in [0.5, 0.6) is 0 Å². The molecule has 0 bridgehead atoms. The van der Waals surface area contributed by atoms with E-state index in [1.165, 1.54) is 62.8 Å². The fourth-order valence-electron chi connectivity index (χ4n) is 2.27. The van der Waals surface area contributed by atoms with E-state index >= 15 is 0 Å². The molecular formula is C19H33NO2Sn. The second kappa shape index (κ2) is 14.9. The second-order valence-electron chi connectivity index (χ2n) is 5.97. The smallest absolute Gasteiger partial charge is 0.0715 e. The molecule has 23 heavy (non-hydrogen) atoms. The predicted molar refractivity (Wildman–Crippen MR) is 100 cm³/mol. The van der Waals surface area contributed by atoms with Crippen molar-refractivity contribution < 1.29 is 9.90 Å². The summed E-state index contributed by atoms with van der Waals surface area (Å²) in [5.74, 6) is -1.18. The molecule has 1 aromatic carbocycles. The number of unbranched alkanes of at least 4 members (excludes halogenated alkanes) is 3. The van der Waals surface area contributed by atoms with Gasteiger partial charge in [0.15, 0.2) is 0 Å². The topological polar surface area (TPSA) is 66.2 Å². The minimum Gasteiger partial charge on any atom is -0.545 e. The number of hydrogen-bond acceptors (Lipinski definition) is 3. The standard InChI is InChI=1S/C7H7NO2.3C4H9.Sn/c8-6-3-1-5(2-4-6)7(9)10;3*1-3-4-2;/h1-4H,8H2,(H,9,10);3*1,3-4H2,2H3;/q;;;;+1/p-1. The number of carboxylic acid groups (broad SMARTS) is 1. The zero-order chi connectivity index (χ0) is 17.5. The molecule has 0 aromatic heterocycles. The second-order valence-corrected chi connectivity index (χ2v) is 14.5. The van der Waals surface area contributed by atoms with Crippen LogP contribution in [0.25, 0.3) is 0 Å². The summed E-state index contributed by atoms with van der Waals surface area (Å²) in [4.78, 5) is 10.2. The zero-order valence-electron chi connectivity index (χ0n) is 15.1. The van der Waals surface area contributed by atoms with Crippen LogP contribution < -0.4 is 10.8 Å². The van der Waals surface area contributed by atoms with Crippen molar-refractivity contribution in [2.45, 2.75) is 72.6 Å². The van der Waals surface area contributed by atoms with E-state index in [9.17, 15) is 9.90 Å². The molecule has 0 spiro atoms. The maximum Gasteiger partial charge on any atom is 0.0715 e. The molecule has 130 valence electrons. The van der Waals surface area contributed by atoms with E-state index in [2.05, 4.69) is 20.8 Å². The molecular weight excluding hydrogens is 393 g/mol. The van der Waals surface area contributed by atoms with Gasteiger partial charge in [-0.05, 0) is 17.7 Å². The average molecular weight is 426 g/mol. The first kappa shape index (κ1) is 22.3. The molecule has 0 heterocycles. The average Bonchev–Trinajstić information content (AvgIpc) is 2.55. The quantitative estimate of drug-likeness (QED) is 0.442. The Kier molecular flexibility index (Phi) is 14.4. The van der Waals surface area contributed by atoms with Crippen LogP contribution in [0.15, 0.2) is 24.3 Å². The van der Waals surface area contributed by atoms with Crippen LogP contribution in [0.2, 0.25) is 13.3 Å². The van der Waals surface area contributed by atoms with Crippen molar-refractivity contribution in [3.05, 3.63) is 29.8 Å². The molecule has 2 N–H and O–H groups in total. The molecule has 0 aliphatic rings. The maximum absolute atomic E-state index is 10.2. The third kappa shape index (κ3) is 12.4. The minimum absolute atomic E-state index is 0.147. The molecule has 1 rings (SSSR count). The summed E-state index contributed by atoms with van der Waals surface area (Å²) in [6.07, 6.45) is 8.85. The fourth-order valence-corrected chi connectivity index (χ4v) is 11.7. The molecule has 0 radical (unpaired) electrons. The Hall–Kier alpha value is -0.711. The van der Waals surface area contributed by atoms with Crippen molar-refractivity contribution in [1.29, 1.82) is 0 Å². The number of rotatable bonds is 10. The van der Waals surface area contributed by atoms with Crippen molar-refractivity contribution in [2.24, 2.45) is 0 Å². The number of nitrogen functional groups attached to an aromatic ring is 1. The normalized spacial score (nSPS) is 9.87. The summed E-state index contributed by atoms with van der Waals surface area (Å²) >= 11 is -0.839. The number of carbonyl (C=O) groups is 1. The molecule has 0 saturated heterocycles. The number of aromatic carboxylic acids is 1. The monoisotopic (exact) mass is 427 g/mol. The van der Waals surface area contributed by atoms with E-state index in [1.54, 1.807) is 13.3 Å². The number of anilines is 1. The van der Waals surface area contributed by atoms with Crippen molar-refractivity contribution in [2.75, 3.05) is 5.73 Å². The van der Waals surface area contributed by atoms with E-state index in [0.29, 0.717) is 5.69 Å². The predicted octanol–water partition coefficient (Wildman–Crippen LogP) is 4.51. The first-order valence-corrected chi connectivity index (χ1v) is 15.0. The number of hydrogen-bond donors (Lipinski definition) is 1. The summed E-state index contributed by atoms with van der Waals surface area (Å²) in [7, 11) is 0. The van der Waals surface area contributed by atoms with Crippen molar-refractivity contribution >= 4 is 31.4 Å². The number of carboxylic acids is 1. The summed E-state index contributed by atoms with van der Waals surface area (Å²) < 4.78 is 5.04. The minimum atomic E-state index is -1.18. The Balaban J connectivity index is 0.000000433. The molecule has 0 aliphatic heterocycles. The van der Waals surface area contributed by atoms with Crippen LogP contribution >= 0.6 is 0 Å². The van der Waals surface area contributed by atoms with Gasteiger partial charge in [0, 0.05) is 5.69 Å². The van der Waals surface area contributed by atoms with Gasteiger partial charge in [0.25, 0.3) is 0 Å². The van der Waals surface area contributed by atoms with Gasteiger partial charge >= 0.3 is 92.4 Å². The van der Waals surface area contributed by atoms with Crippen LogP contribution in [0.4, 0.5) is 5.69 Å². The van der Waals surface area contributed by atoms with Crippen LogP contribution in [0, 0.1) is 0 Å². The summed E-state index contributed by atoms with van der Waals surface area (Å²) in [6, 6.07) is 5.85. The SMILES string of the molecule is CCC[CH2][Sn+]([CH2]CCC)[CH2]CCC.Nc1ccc(C(=O)[O-])cc1. The molecule has 0 fully saturated rings. The first-order chi connectivity index (χ1) is 11.0. The van der Waals surface area contributed by atoms with Crippen LogP contribution in [-0.4, -0.2) is 25.7 Å². The fraction of sp³-hybridized carbons (Fsp3) is 0.632.